The molecule has 3 atom stereocenters. The second-order valence-electron chi connectivity index (χ2n) is 5.48. The summed E-state index contributed by atoms with van der Waals surface area (Å²) >= 11 is 5.33. The molecular weight excluding hydrogens is 259 g/mol. The van der Waals surface area contributed by atoms with Crippen LogP contribution in [0.2, 0.25) is 0 Å². The molecule has 4 heteroatoms. The second kappa shape index (κ2) is 6.33. The van der Waals surface area contributed by atoms with E-state index in [1.165, 1.54) is 25.0 Å². The van der Waals surface area contributed by atoms with Crippen LogP contribution < -0.4 is 10.6 Å². The van der Waals surface area contributed by atoms with Crippen LogP contribution in [0.15, 0.2) is 24.3 Å². The highest BCUT2D eigenvalue weighted by Gasteiger charge is 2.27. The molecule has 0 bridgehead atoms. The topological polar surface area (TPSA) is 24.1 Å². The molecule has 1 saturated carbocycles. The predicted molar refractivity (Wildman–Crippen MR) is 81.7 cm³/mol. The Bertz CT molecular complexity index is 432. The minimum Gasteiger partial charge on any atom is -0.359 e. The molecule has 1 aliphatic rings. The van der Waals surface area contributed by atoms with E-state index in [1.54, 1.807) is 12.1 Å². The third-order valence-corrected chi connectivity index (χ3v) is 4.35. The Morgan fingerprint density at radius 2 is 1.89 bits per heavy atom. The number of halogens is 1. The summed E-state index contributed by atoms with van der Waals surface area (Å²) in [6.45, 7) is 4.58. The van der Waals surface area contributed by atoms with Crippen LogP contribution in [-0.4, -0.2) is 11.2 Å². The van der Waals surface area contributed by atoms with Gasteiger partial charge in [-0.1, -0.05) is 26.7 Å². The lowest BCUT2D eigenvalue weighted by molar-refractivity contribution is 0.225. The largest absolute Gasteiger partial charge is 0.359 e. The third kappa shape index (κ3) is 3.90. The Morgan fingerprint density at radius 3 is 2.58 bits per heavy atom. The van der Waals surface area contributed by atoms with E-state index in [9.17, 15) is 4.39 Å². The average Bonchev–Trinajstić information content (AvgIpc) is 2.38. The lowest BCUT2D eigenvalue weighted by atomic mass is 9.78. The van der Waals surface area contributed by atoms with E-state index in [2.05, 4.69) is 24.5 Å². The minimum atomic E-state index is -0.237. The van der Waals surface area contributed by atoms with Crippen LogP contribution in [0, 0.1) is 17.7 Å². The van der Waals surface area contributed by atoms with Gasteiger partial charge in [0.15, 0.2) is 5.11 Å². The quantitative estimate of drug-likeness (QED) is 0.803. The van der Waals surface area contributed by atoms with E-state index in [1.807, 2.05) is 0 Å². The molecule has 1 aromatic carbocycles. The van der Waals surface area contributed by atoms with Crippen molar-refractivity contribution in [3.8, 4) is 0 Å². The van der Waals surface area contributed by atoms with Crippen molar-refractivity contribution in [2.45, 2.75) is 39.2 Å². The molecule has 0 saturated heterocycles. The predicted octanol–water partition coefficient (Wildman–Crippen LogP) is 3.94. The number of anilines is 1. The van der Waals surface area contributed by atoms with Crippen LogP contribution in [0.1, 0.15) is 33.1 Å². The maximum atomic E-state index is 12.8. The van der Waals surface area contributed by atoms with E-state index in [4.69, 9.17) is 12.2 Å². The van der Waals surface area contributed by atoms with Gasteiger partial charge in [0.2, 0.25) is 0 Å². The van der Waals surface area contributed by atoms with Crippen molar-refractivity contribution < 1.29 is 4.39 Å². The van der Waals surface area contributed by atoms with E-state index < -0.39 is 0 Å². The van der Waals surface area contributed by atoms with E-state index in [0.717, 1.165) is 18.0 Å². The minimum absolute atomic E-state index is 0.237. The van der Waals surface area contributed by atoms with E-state index in [0.29, 0.717) is 17.1 Å². The number of rotatable bonds is 2. The van der Waals surface area contributed by atoms with Gasteiger partial charge in [-0.2, -0.15) is 0 Å². The Morgan fingerprint density at radius 1 is 1.21 bits per heavy atom. The molecule has 2 nitrogen and oxygen atoms in total. The molecule has 2 rings (SSSR count). The van der Waals surface area contributed by atoms with Crippen molar-refractivity contribution in [3.05, 3.63) is 30.1 Å². The summed E-state index contributed by atoms with van der Waals surface area (Å²) in [4.78, 5) is 0. The summed E-state index contributed by atoms with van der Waals surface area (Å²) in [6.07, 6.45) is 3.72. The molecule has 0 unspecified atom stereocenters. The summed E-state index contributed by atoms with van der Waals surface area (Å²) in [7, 11) is 0. The molecule has 1 aromatic rings. The Kier molecular flexibility index (Phi) is 4.75. The third-order valence-electron chi connectivity index (χ3n) is 4.13. The smallest absolute Gasteiger partial charge is 0.171 e. The fraction of sp³-hybridized carbons (Fsp3) is 0.533. The molecule has 0 radical (unpaired) electrons. The van der Waals surface area contributed by atoms with Crippen molar-refractivity contribution in [3.63, 3.8) is 0 Å². The number of nitrogens with one attached hydrogen (secondary N) is 2. The zero-order valence-electron chi connectivity index (χ0n) is 11.4. The van der Waals surface area contributed by atoms with Crippen LogP contribution in [0.5, 0.6) is 0 Å². The summed E-state index contributed by atoms with van der Waals surface area (Å²) in [5.41, 5.74) is 0.815. The van der Waals surface area contributed by atoms with Gasteiger partial charge in [0.05, 0.1) is 0 Å². The van der Waals surface area contributed by atoms with Crippen molar-refractivity contribution in [2.75, 3.05) is 5.32 Å². The van der Waals surface area contributed by atoms with Gasteiger partial charge in [-0.3, -0.25) is 0 Å². The van der Waals surface area contributed by atoms with Gasteiger partial charge in [-0.25, -0.2) is 4.39 Å². The first-order chi connectivity index (χ1) is 9.06. The molecule has 0 heterocycles. The Labute approximate surface area is 119 Å². The van der Waals surface area contributed by atoms with Gasteiger partial charge in [-0.05, 0) is 54.7 Å². The van der Waals surface area contributed by atoms with Crippen molar-refractivity contribution >= 4 is 23.0 Å². The highest BCUT2D eigenvalue weighted by Crippen LogP contribution is 2.29. The van der Waals surface area contributed by atoms with Crippen LogP contribution in [0.4, 0.5) is 10.1 Å². The van der Waals surface area contributed by atoms with Crippen LogP contribution in [-0.2, 0) is 0 Å². The molecule has 0 aliphatic heterocycles. The summed E-state index contributed by atoms with van der Waals surface area (Å²) in [6, 6.07) is 6.67. The first-order valence-corrected chi connectivity index (χ1v) is 7.30. The maximum Gasteiger partial charge on any atom is 0.171 e. The highest BCUT2D eigenvalue weighted by molar-refractivity contribution is 7.80. The lowest BCUT2D eigenvalue weighted by Gasteiger charge is -2.35. The normalized spacial score (nSPS) is 26.8. The first-order valence-electron chi connectivity index (χ1n) is 6.89. The number of benzene rings is 1. The molecule has 19 heavy (non-hydrogen) atoms. The van der Waals surface area contributed by atoms with Gasteiger partial charge in [-0.15, -0.1) is 0 Å². The van der Waals surface area contributed by atoms with Crippen LogP contribution >= 0.6 is 12.2 Å². The molecule has 1 fully saturated rings. The fourth-order valence-corrected chi connectivity index (χ4v) is 2.92. The first kappa shape index (κ1) is 14.3. The Hall–Kier alpha value is -1.16. The van der Waals surface area contributed by atoms with Crippen LogP contribution in [0.25, 0.3) is 0 Å². The zero-order chi connectivity index (χ0) is 13.8. The summed E-state index contributed by atoms with van der Waals surface area (Å²) in [5.74, 6) is 1.13. The lowest BCUT2D eigenvalue weighted by Crippen LogP contribution is -2.45. The molecule has 1 aliphatic carbocycles. The molecule has 104 valence electrons. The number of hydrogen-bond acceptors (Lipinski definition) is 1. The summed E-state index contributed by atoms with van der Waals surface area (Å²) < 4.78 is 12.8. The second-order valence-corrected chi connectivity index (χ2v) is 5.89. The Balaban J connectivity index is 1.88. The average molecular weight is 280 g/mol. The standard InChI is InChI=1S/C15H21FN2S/c1-10-4-3-5-14(11(10)2)18-15(19)17-13-8-6-12(16)7-9-13/h6-11,14H,3-5H2,1-2H3,(H2,17,18,19)/t10-,11-,14-/m1/s1. The van der Waals surface area contributed by atoms with Crippen molar-refractivity contribution in [1.29, 1.82) is 0 Å². The van der Waals surface area contributed by atoms with Gasteiger partial charge >= 0.3 is 0 Å². The van der Waals surface area contributed by atoms with Gasteiger partial charge in [0.1, 0.15) is 5.82 Å². The molecule has 0 spiro atoms. The zero-order valence-corrected chi connectivity index (χ0v) is 12.3. The highest BCUT2D eigenvalue weighted by atomic mass is 32.1. The maximum absolute atomic E-state index is 12.8. The summed E-state index contributed by atoms with van der Waals surface area (Å²) in [5, 5.41) is 7.12. The van der Waals surface area contributed by atoms with E-state index in [-0.39, 0.29) is 5.82 Å². The van der Waals surface area contributed by atoms with Crippen LogP contribution in [0.3, 0.4) is 0 Å². The van der Waals surface area contributed by atoms with Crippen molar-refractivity contribution in [2.24, 2.45) is 11.8 Å². The van der Waals surface area contributed by atoms with Gasteiger partial charge in [0.25, 0.3) is 0 Å². The molecule has 0 amide bonds. The monoisotopic (exact) mass is 280 g/mol. The SMILES string of the molecule is C[C@@H]1[C@H](C)CCC[C@H]1NC(=S)Nc1ccc(F)cc1. The van der Waals surface area contributed by atoms with Gasteiger partial charge in [0, 0.05) is 11.7 Å². The fourth-order valence-electron chi connectivity index (χ4n) is 2.65. The van der Waals surface area contributed by atoms with E-state index >= 15 is 0 Å². The molecular formula is C15H21FN2S. The number of hydrogen-bond donors (Lipinski definition) is 2. The van der Waals surface area contributed by atoms with Gasteiger partial charge < -0.3 is 10.6 Å². The molecule has 2 N–H and O–H groups in total. The molecule has 0 aromatic heterocycles. The van der Waals surface area contributed by atoms with Crippen molar-refractivity contribution in [1.82, 2.24) is 5.32 Å². The number of thiocarbonyl (C=S) groups is 1.